The first kappa shape index (κ1) is 24.6. The van der Waals surface area contributed by atoms with Gasteiger partial charge in [-0.2, -0.15) is 0 Å². The van der Waals surface area contributed by atoms with Crippen molar-refractivity contribution in [1.82, 2.24) is 19.1 Å². The highest BCUT2D eigenvalue weighted by Gasteiger charge is 2.18. The van der Waals surface area contributed by atoms with Crippen molar-refractivity contribution in [1.29, 1.82) is 0 Å². The molecule has 4 aromatic heterocycles. The molecule has 1 aliphatic carbocycles. The summed E-state index contributed by atoms with van der Waals surface area (Å²) in [5.41, 5.74) is 11.0. The zero-order chi connectivity index (χ0) is 28.2. The van der Waals surface area contributed by atoms with Gasteiger partial charge in [0.1, 0.15) is 0 Å². The van der Waals surface area contributed by atoms with Crippen LogP contribution in [0.4, 0.5) is 0 Å². The Bertz CT molecular complexity index is 2150. The topological polar surface area (TPSA) is 35.6 Å². The number of aromatic nitrogens is 4. The highest BCUT2D eigenvalue weighted by Crippen LogP contribution is 2.36. The van der Waals surface area contributed by atoms with Crippen LogP contribution in [0.2, 0.25) is 0 Å². The SMILES string of the molecule is CC1=C(c2ccc(-n3c4ccccc4c4cnccc43)cc2C)/C=C\C(n2c3ccccc3c3cnccc32)C\C=C\1. The smallest absolute Gasteiger partial charge is 0.0571 e. The van der Waals surface area contributed by atoms with Crippen molar-refractivity contribution in [2.45, 2.75) is 26.3 Å². The Kier molecular flexibility index (Phi) is 5.68. The van der Waals surface area contributed by atoms with Crippen LogP contribution in [0.25, 0.3) is 54.9 Å². The molecule has 1 atom stereocenters. The third kappa shape index (κ3) is 3.76. The fourth-order valence-electron chi connectivity index (χ4n) is 6.77. The van der Waals surface area contributed by atoms with Crippen LogP contribution in [-0.4, -0.2) is 19.1 Å². The van der Waals surface area contributed by atoms with E-state index in [1.807, 2.05) is 24.8 Å². The van der Waals surface area contributed by atoms with Crippen LogP contribution in [-0.2, 0) is 0 Å². The van der Waals surface area contributed by atoms with Crippen LogP contribution in [0.5, 0.6) is 0 Å². The molecule has 1 unspecified atom stereocenters. The van der Waals surface area contributed by atoms with Crippen molar-refractivity contribution in [3.63, 3.8) is 0 Å². The van der Waals surface area contributed by atoms with Crippen molar-refractivity contribution in [2.24, 2.45) is 0 Å². The first-order valence-electron chi connectivity index (χ1n) is 14.5. The lowest BCUT2D eigenvalue weighted by atomic mass is 9.93. The van der Waals surface area contributed by atoms with Gasteiger partial charge in [0.05, 0.1) is 22.6 Å². The summed E-state index contributed by atoms with van der Waals surface area (Å²) >= 11 is 0. The van der Waals surface area contributed by atoms with Gasteiger partial charge in [0.2, 0.25) is 0 Å². The summed E-state index contributed by atoms with van der Waals surface area (Å²) in [5.74, 6) is 0. The minimum Gasteiger partial charge on any atom is -0.333 e. The van der Waals surface area contributed by atoms with E-state index in [2.05, 4.69) is 136 Å². The number of benzene rings is 3. The molecule has 1 aliphatic rings. The van der Waals surface area contributed by atoms with E-state index in [4.69, 9.17) is 0 Å². The van der Waals surface area contributed by atoms with Crippen molar-refractivity contribution in [2.75, 3.05) is 0 Å². The van der Waals surface area contributed by atoms with E-state index in [0.29, 0.717) is 0 Å². The molecule has 0 fully saturated rings. The Hall–Kier alpha value is -5.22. The zero-order valence-corrected chi connectivity index (χ0v) is 23.7. The van der Waals surface area contributed by atoms with Gasteiger partial charge >= 0.3 is 0 Å². The Morgan fingerprint density at radius 3 is 2.10 bits per heavy atom. The fraction of sp³-hybridized carbons (Fsp3) is 0.105. The molecule has 0 amide bonds. The molecule has 0 bridgehead atoms. The van der Waals surface area contributed by atoms with Gasteiger partial charge in [-0.1, -0.05) is 66.8 Å². The van der Waals surface area contributed by atoms with Gasteiger partial charge < -0.3 is 9.13 Å². The molecular weight excluding hydrogens is 512 g/mol. The maximum absolute atomic E-state index is 4.43. The number of allylic oxidation sites excluding steroid dienone is 6. The lowest BCUT2D eigenvalue weighted by molar-refractivity contribution is 0.652. The van der Waals surface area contributed by atoms with Gasteiger partial charge in [-0.05, 0) is 78.9 Å². The molecule has 4 heteroatoms. The number of nitrogens with zero attached hydrogens (tertiary/aromatic N) is 4. The second-order valence-electron chi connectivity index (χ2n) is 11.2. The van der Waals surface area contributed by atoms with Crippen LogP contribution in [0, 0.1) is 6.92 Å². The van der Waals surface area contributed by atoms with Gasteiger partial charge in [-0.3, -0.25) is 9.97 Å². The predicted molar refractivity (Wildman–Crippen MR) is 175 cm³/mol. The fourth-order valence-corrected chi connectivity index (χ4v) is 6.77. The van der Waals surface area contributed by atoms with Crippen LogP contribution >= 0.6 is 0 Å². The minimum atomic E-state index is 0.194. The lowest BCUT2D eigenvalue weighted by Crippen LogP contribution is -2.06. The van der Waals surface area contributed by atoms with Crippen LogP contribution in [0.15, 0.2) is 134 Å². The second kappa shape index (κ2) is 9.71. The molecule has 8 rings (SSSR count). The number of aryl methyl sites for hydroxylation is 1. The Labute approximate surface area is 244 Å². The molecule has 202 valence electrons. The average molecular weight is 543 g/mol. The highest BCUT2D eigenvalue weighted by atomic mass is 15.0. The third-order valence-corrected chi connectivity index (χ3v) is 8.73. The molecule has 0 spiro atoms. The molecule has 4 nitrogen and oxygen atoms in total. The minimum absolute atomic E-state index is 0.194. The van der Waals surface area contributed by atoms with Crippen LogP contribution in [0.1, 0.15) is 30.5 Å². The van der Waals surface area contributed by atoms with Crippen LogP contribution in [0.3, 0.4) is 0 Å². The average Bonchev–Trinajstić information content (AvgIpc) is 3.53. The number of hydrogen-bond donors (Lipinski definition) is 0. The molecular formula is C38H30N4. The zero-order valence-electron chi connectivity index (χ0n) is 23.7. The van der Waals surface area contributed by atoms with Crippen molar-refractivity contribution in [3.8, 4) is 5.69 Å². The highest BCUT2D eigenvalue weighted by molar-refractivity contribution is 6.09. The van der Waals surface area contributed by atoms with Gasteiger partial charge in [-0.15, -0.1) is 0 Å². The van der Waals surface area contributed by atoms with E-state index in [-0.39, 0.29) is 6.04 Å². The number of para-hydroxylation sites is 2. The van der Waals surface area contributed by atoms with E-state index in [0.717, 1.165) is 12.1 Å². The summed E-state index contributed by atoms with van der Waals surface area (Å²) in [6.45, 7) is 4.44. The Morgan fingerprint density at radius 1 is 0.667 bits per heavy atom. The van der Waals surface area contributed by atoms with E-state index in [9.17, 15) is 0 Å². The molecule has 7 aromatic rings. The molecule has 0 saturated heterocycles. The molecule has 4 heterocycles. The number of fused-ring (bicyclic) bond motifs is 6. The predicted octanol–water partition coefficient (Wildman–Crippen LogP) is 9.52. The summed E-state index contributed by atoms with van der Waals surface area (Å²) in [7, 11) is 0. The van der Waals surface area contributed by atoms with E-state index in [1.165, 1.54) is 65.9 Å². The molecule has 42 heavy (non-hydrogen) atoms. The molecule has 0 N–H and O–H groups in total. The molecule has 0 saturated carbocycles. The van der Waals surface area contributed by atoms with Gasteiger partial charge in [0.25, 0.3) is 0 Å². The summed E-state index contributed by atoms with van der Waals surface area (Å²) in [4.78, 5) is 8.83. The number of hydrogen-bond acceptors (Lipinski definition) is 2. The molecule has 3 aromatic carbocycles. The van der Waals surface area contributed by atoms with Crippen LogP contribution < -0.4 is 0 Å². The largest absolute Gasteiger partial charge is 0.333 e. The standard InChI is InChI=1S/C38H30N4/c1-25-8-7-9-27(41-35-12-5-3-10-31(35)33-23-39-20-18-37(33)41)14-16-29(25)30-17-15-28(22-26(30)2)42-36-13-6-4-11-32(36)34-24-40-21-19-38(34)42/h3-8,10-24,27H,9H2,1-2H3/b8-7+,16-14-,29-25+. The van der Waals surface area contributed by atoms with Gasteiger partial charge in [0, 0.05) is 57.5 Å². The van der Waals surface area contributed by atoms with E-state index < -0.39 is 0 Å². The Balaban J connectivity index is 1.23. The van der Waals surface area contributed by atoms with E-state index in [1.54, 1.807) is 0 Å². The summed E-state index contributed by atoms with van der Waals surface area (Å²) in [6.07, 6.45) is 18.0. The van der Waals surface area contributed by atoms with Gasteiger partial charge in [0.15, 0.2) is 0 Å². The van der Waals surface area contributed by atoms with Crippen molar-refractivity contribution < 1.29 is 0 Å². The summed E-state index contributed by atoms with van der Waals surface area (Å²) in [6, 6.07) is 28.5. The van der Waals surface area contributed by atoms with Gasteiger partial charge in [-0.25, -0.2) is 0 Å². The van der Waals surface area contributed by atoms with Crippen molar-refractivity contribution in [3.05, 3.63) is 145 Å². The number of rotatable bonds is 3. The summed E-state index contributed by atoms with van der Waals surface area (Å²) in [5, 5.41) is 4.85. The van der Waals surface area contributed by atoms with Crippen molar-refractivity contribution >= 4 is 49.2 Å². The molecule has 0 radical (unpaired) electrons. The first-order chi connectivity index (χ1) is 20.7. The quantitative estimate of drug-likeness (QED) is 0.223. The monoisotopic (exact) mass is 542 g/mol. The van der Waals surface area contributed by atoms with E-state index >= 15 is 0 Å². The lowest BCUT2D eigenvalue weighted by Gasteiger charge is -2.20. The maximum atomic E-state index is 4.43. The third-order valence-electron chi connectivity index (χ3n) is 8.73. The normalized spacial score (nSPS) is 19.0. The second-order valence-corrected chi connectivity index (χ2v) is 11.2. The summed E-state index contributed by atoms with van der Waals surface area (Å²) < 4.78 is 4.82. The first-order valence-corrected chi connectivity index (χ1v) is 14.5. The maximum Gasteiger partial charge on any atom is 0.0571 e. The Morgan fingerprint density at radius 2 is 1.31 bits per heavy atom. The molecule has 0 aliphatic heterocycles. The number of pyridine rings is 2.